The van der Waals surface area contributed by atoms with Gasteiger partial charge in [0.05, 0.1) is 4.90 Å². The Bertz CT molecular complexity index is 513. The van der Waals surface area contributed by atoms with Gasteiger partial charge in [-0.15, -0.1) is 0 Å². The van der Waals surface area contributed by atoms with Crippen LogP contribution in [-0.4, -0.2) is 35.1 Å². The lowest BCUT2D eigenvalue weighted by Crippen LogP contribution is -2.21. The molecule has 0 bridgehead atoms. The van der Waals surface area contributed by atoms with E-state index in [1.807, 2.05) is 12.1 Å². The van der Waals surface area contributed by atoms with Crippen molar-refractivity contribution in [3.63, 3.8) is 0 Å². The SMILES string of the molecule is CNS(=O)(=O)c1ccc(N2CCC(CCN)C2)cc1. The number of sulfonamides is 1. The van der Waals surface area contributed by atoms with E-state index in [4.69, 9.17) is 5.73 Å². The maximum atomic E-state index is 11.6. The average molecular weight is 283 g/mol. The molecule has 5 nitrogen and oxygen atoms in total. The summed E-state index contributed by atoms with van der Waals surface area (Å²) in [6.07, 6.45) is 2.22. The Labute approximate surface area is 114 Å². The zero-order valence-corrected chi connectivity index (χ0v) is 12.0. The molecule has 1 aliphatic rings. The van der Waals surface area contributed by atoms with Crippen LogP contribution in [0.4, 0.5) is 5.69 Å². The van der Waals surface area contributed by atoms with Crippen LogP contribution in [0.15, 0.2) is 29.2 Å². The summed E-state index contributed by atoms with van der Waals surface area (Å²) < 4.78 is 25.6. The Morgan fingerprint density at radius 2 is 2.05 bits per heavy atom. The van der Waals surface area contributed by atoms with Gasteiger partial charge in [-0.2, -0.15) is 0 Å². The van der Waals surface area contributed by atoms with Crippen molar-refractivity contribution in [2.24, 2.45) is 11.7 Å². The molecule has 0 aliphatic carbocycles. The van der Waals surface area contributed by atoms with Crippen molar-refractivity contribution in [1.29, 1.82) is 0 Å². The van der Waals surface area contributed by atoms with Crippen molar-refractivity contribution in [1.82, 2.24) is 4.72 Å². The molecular formula is C13H21N3O2S. The first-order valence-electron chi connectivity index (χ1n) is 6.55. The van der Waals surface area contributed by atoms with Gasteiger partial charge in [0, 0.05) is 18.8 Å². The molecule has 0 saturated carbocycles. The molecule has 106 valence electrons. The summed E-state index contributed by atoms with van der Waals surface area (Å²) in [4.78, 5) is 2.59. The van der Waals surface area contributed by atoms with Crippen molar-refractivity contribution in [2.45, 2.75) is 17.7 Å². The second-order valence-corrected chi connectivity index (χ2v) is 6.77. The van der Waals surface area contributed by atoms with Crippen LogP contribution < -0.4 is 15.4 Å². The number of nitrogens with zero attached hydrogens (tertiary/aromatic N) is 1. The molecule has 1 saturated heterocycles. The van der Waals surface area contributed by atoms with Gasteiger partial charge in [0.2, 0.25) is 10.0 Å². The third-order valence-corrected chi connectivity index (χ3v) is 5.07. The standard InChI is InChI=1S/C13H21N3O2S/c1-15-19(17,18)13-4-2-12(3-5-13)16-9-7-11(10-16)6-8-14/h2-5,11,15H,6-10,14H2,1H3. The fourth-order valence-corrected chi connectivity index (χ4v) is 3.22. The van der Waals surface area contributed by atoms with Gasteiger partial charge < -0.3 is 10.6 Å². The maximum absolute atomic E-state index is 11.6. The summed E-state index contributed by atoms with van der Waals surface area (Å²) in [6, 6.07) is 7.04. The Hall–Kier alpha value is -1.11. The second-order valence-electron chi connectivity index (χ2n) is 4.88. The summed E-state index contributed by atoms with van der Waals surface area (Å²) in [5.41, 5.74) is 6.66. The molecule has 1 aliphatic heterocycles. The fourth-order valence-electron chi connectivity index (χ4n) is 2.49. The zero-order valence-electron chi connectivity index (χ0n) is 11.2. The molecule has 6 heteroatoms. The van der Waals surface area contributed by atoms with Crippen LogP contribution in [0.1, 0.15) is 12.8 Å². The van der Waals surface area contributed by atoms with Gasteiger partial charge in [0.25, 0.3) is 0 Å². The molecule has 0 spiro atoms. The summed E-state index contributed by atoms with van der Waals surface area (Å²) in [5.74, 6) is 0.658. The van der Waals surface area contributed by atoms with Gasteiger partial charge in [-0.1, -0.05) is 0 Å². The molecule has 0 aromatic heterocycles. The Morgan fingerprint density at radius 3 is 2.63 bits per heavy atom. The topological polar surface area (TPSA) is 75.4 Å². The van der Waals surface area contributed by atoms with E-state index in [0.29, 0.717) is 10.8 Å². The third-order valence-electron chi connectivity index (χ3n) is 3.64. The number of hydrogen-bond acceptors (Lipinski definition) is 4. The molecule has 1 aromatic carbocycles. The van der Waals surface area contributed by atoms with Crippen molar-refractivity contribution < 1.29 is 8.42 Å². The highest BCUT2D eigenvalue weighted by molar-refractivity contribution is 7.89. The number of hydrogen-bond donors (Lipinski definition) is 2. The summed E-state index contributed by atoms with van der Waals surface area (Å²) in [5, 5.41) is 0. The number of rotatable bonds is 5. The van der Waals surface area contributed by atoms with Crippen LogP contribution in [0.25, 0.3) is 0 Å². The number of benzene rings is 1. The van der Waals surface area contributed by atoms with Crippen LogP contribution in [0.2, 0.25) is 0 Å². The van der Waals surface area contributed by atoms with E-state index in [2.05, 4.69) is 9.62 Å². The monoisotopic (exact) mass is 283 g/mol. The first-order chi connectivity index (χ1) is 9.06. The second kappa shape index (κ2) is 5.90. The van der Waals surface area contributed by atoms with E-state index in [0.717, 1.165) is 38.2 Å². The highest BCUT2D eigenvalue weighted by Crippen LogP contribution is 2.26. The molecule has 1 aromatic rings. The molecule has 2 rings (SSSR count). The molecule has 1 heterocycles. The molecule has 3 N–H and O–H groups in total. The third kappa shape index (κ3) is 3.26. The Kier molecular flexibility index (Phi) is 4.44. The molecule has 1 unspecified atom stereocenters. The van der Waals surface area contributed by atoms with E-state index in [1.165, 1.54) is 7.05 Å². The van der Waals surface area contributed by atoms with Crippen LogP contribution in [0, 0.1) is 5.92 Å². The highest BCUT2D eigenvalue weighted by atomic mass is 32.2. The molecule has 0 radical (unpaired) electrons. The first kappa shape index (κ1) is 14.3. The molecule has 1 atom stereocenters. The number of nitrogens with two attached hydrogens (primary N) is 1. The Balaban J connectivity index is 2.08. The van der Waals surface area contributed by atoms with Gasteiger partial charge in [0.15, 0.2) is 0 Å². The lowest BCUT2D eigenvalue weighted by molar-refractivity contribution is 0.546. The van der Waals surface area contributed by atoms with Crippen LogP contribution in [-0.2, 0) is 10.0 Å². The van der Waals surface area contributed by atoms with E-state index in [9.17, 15) is 8.42 Å². The quantitative estimate of drug-likeness (QED) is 0.837. The summed E-state index contributed by atoms with van der Waals surface area (Å²) in [6.45, 7) is 2.76. The van der Waals surface area contributed by atoms with Crippen LogP contribution in [0.3, 0.4) is 0 Å². The maximum Gasteiger partial charge on any atom is 0.240 e. The highest BCUT2D eigenvalue weighted by Gasteiger charge is 2.22. The van der Waals surface area contributed by atoms with Crippen molar-refractivity contribution in [3.05, 3.63) is 24.3 Å². The minimum atomic E-state index is -3.34. The van der Waals surface area contributed by atoms with Crippen molar-refractivity contribution >= 4 is 15.7 Å². The minimum absolute atomic E-state index is 0.302. The lowest BCUT2D eigenvalue weighted by Gasteiger charge is -2.19. The summed E-state index contributed by atoms with van der Waals surface area (Å²) >= 11 is 0. The summed E-state index contributed by atoms with van der Waals surface area (Å²) in [7, 11) is -1.93. The first-order valence-corrected chi connectivity index (χ1v) is 8.04. The van der Waals surface area contributed by atoms with E-state index in [-0.39, 0.29) is 0 Å². The van der Waals surface area contributed by atoms with E-state index in [1.54, 1.807) is 12.1 Å². The average Bonchev–Trinajstić information content (AvgIpc) is 2.88. The van der Waals surface area contributed by atoms with Gasteiger partial charge in [-0.05, 0) is 56.6 Å². The van der Waals surface area contributed by atoms with Crippen LogP contribution in [0.5, 0.6) is 0 Å². The van der Waals surface area contributed by atoms with E-state index >= 15 is 0 Å². The molecule has 19 heavy (non-hydrogen) atoms. The lowest BCUT2D eigenvalue weighted by atomic mass is 10.1. The van der Waals surface area contributed by atoms with E-state index < -0.39 is 10.0 Å². The Morgan fingerprint density at radius 1 is 1.37 bits per heavy atom. The molecule has 0 amide bonds. The van der Waals surface area contributed by atoms with Gasteiger partial charge in [0.1, 0.15) is 0 Å². The zero-order chi connectivity index (χ0) is 13.9. The van der Waals surface area contributed by atoms with Crippen molar-refractivity contribution in [3.8, 4) is 0 Å². The normalized spacial score (nSPS) is 19.9. The van der Waals surface area contributed by atoms with Gasteiger partial charge in [-0.25, -0.2) is 13.1 Å². The number of anilines is 1. The molecule has 1 fully saturated rings. The minimum Gasteiger partial charge on any atom is -0.371 e. The van der Waals surface area contributed by atoms with Gasteiger partial charge >= 0.3 is 0 Å². The van der Waals surface area contributed by atoms with Gasteiger partial charge in [-0.3, -0.25) is 0 Å². The predicted octanol–water partition coefficient (Wildman–Crippen LogP) is 0.770. The number of nitrogens with one attached hydrogen (secondary N) is 1. The predicted molar refractivity (Wildman–Crippen MR) is 76.7 cm³/mol. The van der Waals surface area contributed by atoms with Crippen LogP contribution >= 0.6 is 0 Å². The molecular weight excluding hydrogens is 262 g/mol. The fraction of sp³-hybridized carbons (Fsp3) is 0.538. The van der Waals surface area contributed by atoms with Crippen molar-refractivity contribution in [2.75, 3.05) is 31.6 Å². The largest absolute Gasteiger partial charge is 0.371 e. The smallest absolute Gasteiger partial charge is 0.240 e.